The molecule has 1 aliphatic heterocycles. The van der Waals surface area contributed by atoms with Gasteiger partial charge in [0.2, 0.25) is 0 Å². The monoisotopic (exact) mass is 242 g/mol. The quantitative estimate of drug-likeness (QED) is 0.544. The Hall–Kier alpha value is 0.137. The Balaban J connectivity index is 1.89. The van der Waals surface area contributed by atoms with Crippen LogP contribution in [0.4, 0.5) is 0 Å². The third kappa shape index (κ3) is 2.69. The van der Waals surface area contributed by atoms with Crippen LogP contribution in [0, 0.1) is 0 Å². The molecule has 2 rings (SSSR count). The van der Waals surface area contributed by atoms with Crippen LogP contribution in [0.1, 0.15) is 46.5 Å². The van der Waals surface area contributed by atoms with Crippen molar-refractivity contribution in [3.63, 3.8) is 0 Å². The summed E-state index contributed by atoms with van der Waals surface area (Å²) in [5.41, 5.74) is 0. The van der Waals surface area contributed by atoms with Gasteiger partial charge in [0, 0.05) is 6.10 Å². The van der Waals surface area contributed by atoms with Gasteiger partial charge in [0.05, 0.1) is 12.2 Å². The van der Waals surface area contributed by atoms with E-state index in [0.717, 1.165) is 0 Å². The molecule has 2 nitrogen and oxygen atoms in total. The third-order valence-electron chi connectivity index (χ3n) is 4.50. The summed E-state index contributed by atoms with van der Waals surface area (Å²) >= 11 is 0. The minimum Gasteiger partial charge on any atom is -0.414 e. The number of fused-ring (bicyclic) bond motifs is 1. The molecule has 0 N–H and O–H groups in total. The highest BCUT2D eigenvalue weighted by molar-refractivity contribution is 6.74. The van der Waals surface area contributed by atoms with Crippen molar-refractivity contribution in [1.82, 2.24) is 0 Å². The first-order valence-electron chi connectivity index (χ1n) is 6.63. The van der Waals surface area contributed by atoms with Crippen molar-refractivity contribution in [2.75, 3.05) is 0 Å². The minimum absolute atomic E-state index is 0.332. The van der Waals surface area contributed by atoms with Crippen LogP contribution in [0.25, 0.3) is 0 Å². The van der Waals surface area contributed by atoms with Gasteiger partial charge in [-0.25, -0.2) is 0 Å². The normalized spacial score (nSPS) is 35.4. The fraction of sp³-hybridized carbons (Fsp3) is 1.00. The second-order valence-corrected chi connectivity index (χ2v) is 11.6. The Bertz CT molecular complexity index is 245. The molecular formula is C13H26O2Si. The summed E-state index contributed by atoms with van der Waals surface area (Å²) in [7, 11) is -1.56. The molecule has 0 bridgehead atoms. The summed E-state index contributed by atoms with van der Waals surface area (Å²) in [4.78, 5) is 0. The SMILES string of the molecule is CC(C)(C)[Si](C)(C)OC1CC[C@@H]2O[C@@H]2CC1. The van der Waals surface area contributed by atoms with Crippen LogP contribution in [-0.4, -0.2) is 26.6 Å². The maximum absolute atomic E-state index is 6.48. The first-order valence-corrected chi connectivity index (χ1v) is 9.54. The Labute approximate surface area is 101 Å². The van der Waals surface area contributed by atoms with E-state index in [0.29, 0.717) is 23.4 Å². The fourth-order valence-corrected chi connectivity index (χ4v) is 3.67. The van der Waals surface area contributed by atoms with Crippen molar-refractivity contribution in [2.45, 2.75) is 82.9 Å². The first-order chi connectivity index (χ1) is 7.29. The highest BCUT2D eigenvalue weighted by Gasteiger charge is 2.44. The third-order valence-corrected chi connectivity index (χ3v) is 9.04. The van der Waals surface area contributed by atoms with Crippen molar-refractivity contribution in [3.05, 3.63) is 0 Å². The fourth-order valence-electron chi connectivity index (χ4n) is 2.24. The topological polar surface area (TPSA) is 21.8 Å². The molecule has 2 fully saturated rings. The molecule has 3 heteroatoms. The molecule has 1 aliphatic carbocycles. The van der Waals surface area contributed by atoms with Crippen LogP contribution in [0.5, 0.6) is 0 Å². The predicted molar refractivity (Wildman–Crippen MR) is 69.2 cm³/mol. The first kappa shape index (κ1) is 12.6. The molecule has 0 radical (unpaired) electrons. The van der Waals surface area contributed by atoms with E-state index in [1.165, 1.54) is 25.7 Å². The molecule has 0 aromatic rings. The standard InChI is InChI=1S/C13H26O2Si/c1-13(2,3)16(4,5)15-10-6-8-11-12(14-11)9-7-10/h10-12H,6-9H2,1-5H3/t10?,11-,12+. The molecule has 0 spiro atoms. The van der Waals surface area contributed by atoms with Crippen LogP contribution < -0.4 is 0 Å². The highest BCUT2D eigenvalue weighted by Crippen LogP contribution is 2.41. The molecule has 1 unspecified atom stereocenters. The molecule has 3 atom stereocenters. The minimum atomic E-state index is -1.56. The Morgan fingerprint density at radius 3 is 1.94 bits per heavy atom. The molecule has 16 heavy (non-hydrogen) atoms. The lowest BCUT2D eigenvalue weighted by atomic mass is 10.1. The molecule has 0 aromatic carbocycles. The Morgan fingerprint density at radius 1 is 1.00 bits per heavy atom. The van der Waals surface area contributed by atoms with Crippen LogP contribution in [0.2, 0.25) is 18.1 Å². The van der Waals surface area contributed by atoms with E-state index in [9.17, 15) is 0 Å². The van der Waals surface area contributed by atoms with Gasteiger partial charge in [-0.05, 0) is 43.8 Å². The van der Waals surface area contributed by atoms with E-state index in [-0.39, 0.29) is 0 Å². The van der Waals surface area contributed by atoms with Gasteiger partial charge in [-0.15, -0.1) is 0 Å². The van der Waals surface area contributed by atoms with Gasteiger partial charge in [0.25, 0.3) is 0 Å². The van der Waals surface area contributed by atoms with Crippen LogP contribution >= 0.6 is 0 Å². The Morgan fingerprint density at radius 2 is 1.50 bits per heavy atom. The van der Waals surface area contributed by atoms with E-state index in [1.807, 2.05) is 0 Å². The average Bonchev–Trinajstić information content (AvgIpc) is 2.84. The number of rotatable bonds is 2. The Kier molecular flexibility index (Phi) is 3.23. The lowest BCUT2D eigenvalue weighted by molar-refractivity contribution is 0.147. The molecule has 0 aromatic heterocycles. The van der Waals surface area contributed by atoms with Crippen molar-refractivity contribution < 1.29 is 9.16 Å². The van der Waals surface area contributed by atoms with Gasteiger partial charge in [0.15, 0.2) is 8.32 Å². The highest BCUT2D eigenvalue weighted by atomic mass is 28.4. The van der Waals surface area contributed by atoms with Crippen LogP contribution in [0.15, 0.2) is 0 Å². The maximum atomic E-state index is 6.48. The molecule has 94 valence electrons. The van der Waals surface area contributed by atoms with Gasteiger partial charge in [-0.2, -0.15) is 0 Å². The number of ether oxygens (including phenoxy) is 1. The maximum Gasteiger partial charge on any atom is 0.192 e. The molecule has 1 heterocycles. The molecule has 2 aliphatic rings. The number of hydrogen-bond acceptors (Lipinski definition) is 2. The van der Waals surface area contributed by atoms with E-state index in [1.54, 1.807) is 0 Å². The zero-order valence-corrected chi connectivity index (χ0v) is 12.4. The van der Waals surface area contributed by atoms with Gasteiger partial charge in [-0.3, -0.25) is 0 Å². The van der Waals surface area contributed by atoms with Crippen LogP contribution in [0.3, 0.4) is 0 Å². The van der Waals surface area contributed by atoms with Crippen molar-refractivity contribution in [3.8, 4) is 0 Å². The average molecular weight is 242 g/mol. The van der Waals surface area contributed by atoms with Crippen molar-refractivity contribution in [1.29, 1.82) is 0 Å². The molecule has 1 saturated heterocycles. The van der Waals surface area contributed by atoms with E-state index in [4.69, 9.17) is 9.16 Å². The van der Waals surface area contributed by atoms with Gasteiger partial charge in [0.1, 0.15) is 0 Å². The summed E-state index contributed by atoms with van der Waals surface area (Å²) in [6.07, 6.45) is 6.48. The van der Waals surface area contributed by atoms with E-state index >= 15 is 0 Å². The predicted octanol–water partition coefficient (Wildman–Crippen LogP) is 3.72. The van der Waals surface area contributed by atoms with Gasteiger partial charge >= 0.3 is 0 Å². The lowest BCUT2D eigenvalue weighted by Crippen LogP contribution is -2.43. The summed E-state index contributed by atoms with van der Waals surface area (Å²) < 4.78 is 12.0. The number of epoxide rings is 1. The second-order valence-electron chi connectivity index (χ2n) is 6.87. The summed E-state index contributed by atoms with van der Waals surface area (Å²) in [6.45, 7) is 11.7. The lowest BCUT2D eigenvalue weighted by Gasteiger charge is -2.39. The molecular weight excluding hydrogens is 216 g/mol. The van der Waals surface area contributed by atoms with E-state index in [2.05, 4.69) is 33.9 Å². The summed E-state index contributed by atoms with van der Waals surface area (Å²) in [5.74, 6) is 0. The van der Waals surface area contributed by atoms with Crippen molar-refractivity contribution >= 4 is 8.32 Å². The van der Waals surface area contributed by atoms with E-state index < -0.39 is 8.32 Å². The summed E-state index contributed by atoms with van der Waals surface area (Å²) in [5, 5.41) is 0.332. The zero-order valence-electron chi connectivity index (χ0n) is 11.4. The summed E-state index contributed by atoms with van der Waals surface area (Å²) in [6, 6.07) is 0. The molecule has 1 saturated carbocycles. The molecule has 0 amide bonds. The number of hydrogen-bond donors (Lipinski definition) is 0. The van der Waals surface area contributed by atoms with Gasteiger partial charge < -0.3 is 9.16 Å². The smallest absolute Gasteiger partial charge is 0.192 e. The van der Waals surface area contributed by atoms with Crippen molar-refractivity contribution in [2.24, 2.45) is 0 Å². The van der Waals surface area contributed by atoms with Gasteiger partial charge in [-0.1, -0.05) is 20.8 Å². The van der Waals surface area contributed by atoms with Crippen LogP contribution in [-0.2, 0) is 9.16 Å². The largest absolute Gasteiger partial charge is 0.414 e. The second kappa shape index (κ2) is 4.11. The zero-order chi connectivity index (χ0) is 12.0.